The van der Waals surface area contributed by atoms with Crippen molar-refractivity contribution in [2.45, 2.75) is 26.0 Å². The van der Waals surface area contributed by atoms with E-state index >= 15 is 0 Å². The number of likely N-dealkylation sites (tertiary alicyclic amines) is 1. The number of halogens is 1. The molecule has 1 fully saturated rings. The molecule has 3 rings (SSSR count). The van der Waals surface area contributed by atoms with Gasteiger partial charge < -0.3 is 4.74 Å². The van der Waals surface area contributed by atoms with Gasteiger partial charge >= 0.3 is 5.97 Å². The molecule has 0 spiro atoms. The minimum absolute atomic E-state index is 0.297. The summed E-state index contributed by atoms with van der Waals surface area (Å²) in [5, 5.41) is 0.609. The van der Waals surface area contributed by atoms with Crippen LogP contribution in [0.25, 0.3) is 0 Å². The smallest absolute Gasteiger partial charge is 0.338 e. The van der Waals surface area contributed by atoms with Gasteiger partial charge in [0.2, 0.25) is 0 Å². The molecule has 0 saturated carbocycles. The Bertz CT molecular complexity index is 663. The van der Waals surface area contributed by atoms with Gasteiger partial charge in [-0.1, -0.05) is 35.9 Å². The number of esters is 1. The van der Waals surface area contributed by atoms with Crippen LogP contribution in [0.15, 0.2) is 48.5 Å². The van der Waals surface area contributed by atoms with E-state index in [-0.39, 0.29) is 5.97 Å². The van der Waals surface area contributed by atoms with E-state index in [1.54, 1.807) is 24.3 Å². The maximum atomic E-state index is 12.1. The zero-order chi connectivity index (χ0) is 16.1. The lowest BCUT2D eigenvalue weighted by atomic mass is 10.1. The van der Waals surface area contributed by atoms with Crippen LogP contribution in [-0.2, 0) is 17.9 Å². The molecular weight excluding hydrogens is 310 g/mol. The van der Waals surface area contributed by atoms with Gasteiger partial charge in [-0.25, -0.2) is 4.79 Å². The lowest BCUT2D eigenvalue weighted by molar-refractivity contribution is 0.0471. The summed E-state index contributed by atoms with van der Waals surface area (Å²) in [6, 6.07) is 14.9. The van der Waals surface area contributed by atoms with Crippen molar-refractivity contribution in [3.8, 4) is 0 Å². The van der Waals surface area contributed by atoms with Gasteiger partial charge in [0.15, 0.2) is 0 Å². The number of hydrogen-bond acceptors (Lipinski definition) is 3. The standard InChI is InChI=1S/C19H20ClNO2/c20-18-9-7-15(8-10-18)19(22)23-14-17-6-2-1-5-16(17)13-21-11-3-4-12-21/h1-2,5-10H,3-4,11-14H2. The van der Waals surface area contributed by atoms with Gasteiger partial charge in [0.1, 0.15) is 6.61 Å². The first-order valence-corrected chi connectivity index (χ1v) is 8.32. The van der Waals surface area contributed by atoms with Crippen LogP contribution < -0.4 is 0 Å². The summed E-state index contributed by atoms with van der Waals surface area (Å²) in [5.41, 5.74) is 2.83. The molecule has 1 aliphatic heterocycles. The Morgan fingerprint density at radius 2 is 1.65 bits per heavy atom. The van der Waals surface area contributed by atoms with E-state index in [4.69, 9.17) is 16.3 Å². The third kappa shape index (κ3) is 4.34. The SMILES string of the molecule is O=C(OCc1ccccc1CN1CCCC1)c1ccc(Cl)cc1. The number of hydrogen-bond donors (Lipinski definition) is 0. The van der Waals surface area contributed by atoms with Crippen molar-refractivity contribution in [3.63, 3.8) is 0 Å². The fraction of sp³-hybridized carbons (Fsp3) is 0.316. The van der Waals surface area contributed by atoms with Gasteiger partial charge in [0, 0.05) is 11.6 Å². The van der Waals surface area contributed by atoms with Crippen LogP contribution in [-0.4, -0.2) is 24.0 Å². The molecule has 0 atom stereocenters. The van der Waals surface area contributed by atoms with Crippen LogP contribution >= 0.6 is 11.6 Å². The molecule has 23 heavy (non-hydrogen) atoms. The predicted octanol–water partition coefficient (Wildman–Crippen LogP) is 4.29. The van der Waals surface area contributed by atoms with E-state index in [1.165, 1.54) is 18.4 Å². The molecule has 0 amide bonds. The number of carbonyl (C=O) groups excluding carboxylic acids is 1. The Labute approximate surface area is 141 Å². The van der Waals surface area contributed by atoms with Crippen molar-refractivity contribution in [2.24, 2.45) is 0 Å². The number of nitrogens with zero attached hydrogens (tertiary/aromatic N) is 1. The maximum absolute atomic E-state index is 12.1. The molecule has 1 aliphatic rings. The van der Waals surface area contributed by atoms with Crippen molar-refractivity contribution >= 4 is 17.6 Å². The van der Waals surface area contributed by atoms with Crippen LogP contribution in [0.1, 0.15) is 34.3 Å². The first-order valence-electron chi connectivity index (χ1n) is 7.94. The summed E-state index contributed by atoms with van der Waals surface area (Å²) < 4.78 is 5.46. The van der Waals surface area contributed by atoms with Gasteiger partial charge in [-0.05, 0) is 61.3 Å². The van der Waals surface area contributed by atoms with E-state index in [1.807, 2.05) is 18.2 Å². The average molecular weight is 330 g/mol. The lowest BCUT2D eigenvalue weighted by Crippen LogP contribution is -2.19. The third-order valence-corrected chi connectivity index (χ3v) is 4.40. The molecule has 4 heteroatoms. The Hall–Kier alpha value is -1.84. The molecule has 0 radical (unpaired) electrons. The average Bonchev–Trinajstić information content (AvgIpc) is 3.07. The molecule has 120 valence electrons. The summed E-state index contributed by atoms with van der Waals surface area (Å²) >= 11 is 5.83. The van der Waals surface area contributed by atoms with Crippen molar-refractivity contribution in [2.75, 3.05) is 13.1 Å². The Kier molecular flexibility index (Phi) is 5.31. The van der Waals surface area contributed by atoms with Crippen molar-refractivity contribution in [1.29, 1.82) is 0 Å². The quantitative estimate of drug-likeness (QED) is 0.766. The molecule has 0 aliphatic carbocycles. The second kappa shape index (κ2) is 7.62. The number of benzene rings is 2. The molecule has 2 aromatic carbocycles. The van der Waals surface area contributed by atoms with Crippen LogP contribution in [0.3, 0.4) is 0 Å². The van der Waals surface area contributed by atoms with Gasteiger partial charge in [-0.2, -0.15) is 0 Å². The summed E-state index contributed by atoms with van der Waals surface area (Å²) in [5.74, 6) is -0.322. The van der Waals surface area contributed by atoms with E-state index in [9.17, 15) is 4.79 Å². The predicted molar refractivity (Wildman–Crippen MR) is 91.5 cm³/mol. The third-order valence-electron chi connectivity index (χ3n) is 4.15. The van der Waals surface area contributed by atoms with E-state index < -0.39 is 0 Å². The number of carbonyl (C=O) groups is 1. The van der Waals surface area contributed by atoms with Gasteiger partial charge in [-0.3, -0.25) is 4.90 Å². The van der Waals surface area contributed by atoms with E-state index in [0.717, 1.165) is 25.2 Å². The minimum Gasteiger partial charge on any atom is -0.457 e. The van der Waals surface area contributed by atoms with Crippen LogP contribution in [0.2, 0.25) is 5.02 Å². The Morgan fingerprint density at radius 1 is 1.00 bits per heavy atom. The molecule has 0 bridgehead atoms. The number of ether oxygens (including phenoxy) is 1. The molecule has 0 aromatic heterocycles. The normalized spacial score (nSPS) is 14.8. The van der Waals surface area contributed by atoms with Crippen LogP contribution in [0, 0.1) is 0 Å². The highest BCUT2D eigenvalue weighted by atomic mass is 35.5. The summed E-state index contributed by atoms with van der Waals surface area (Å²) in [6.07, 6.45) is 2.54. The molecule has 1 heterocycles. The molecular formula is C19H20ClNO2. The molecule has 0 unspecified atom stereocenters. The fourth-order valence-corrected chi connectivity index (χ4v) is 2.97. The van der Waals surface area contributed by atoms with Crippen molar-refractivity contribution in [3.05, 3.63) is 70.2 Å². The number of rotatable bonds is 5. The summed E-state index contributed by atoms with van der Waals surface area (Å²) in [7, 11) is 0. The molecule has 2 aromatic rings. The zero-order valence-electron chi connectivity index (χ0n) is 13.0. The van der Waals surface area contributed by atoms with Gasteiger partial charge in [0.05, 0.1) is 5.56 Å². The highest BCUT2D eigenvalue weighted by molar-refractivity contribution is 6.30. The summed E-state index contributed by atoms with van der Waals surface area (Å²) in [6.45, 7) is 3.53. The second-order valence-corrected chi connectivity index (χ2v) is 6.27. The van der Waals surface area contributed by atoms with Gasteiger partial charge in [-0.15, -0.1) is 0 Å². The van der Waals surface area contributed by atoms with Gasteiger partial charge in [0.25, 0.3) is 0 Å². The molecule has 0 N–H and O–H groups in total. The van der Waals surface area contributed by atoms with Crippen LogP contribution in [0.5, 0.6) is 0 Å². The minimum atomic E-state index is -0.322. The first-order chi connectivity index (χ1) is 11.2. The Morgan fingerprint density at radius 3 is 2.35 bits per heavy atom. The highest BCUT2D eigenvalue weighted by Gasteiger charge is 2.14. The topological polar surface area (TPSA) is 29.5 Å². The van der Waals surface area contributed by atoms with Crippen molar-refractivity contribution in [1.82, 2.24) is 4.90 Å². The van der Waals surface area contributed by atoms with Crippen molar-refractivity contribution < 1.29 is 9.53 Å². The van der Waals surface area contributed by atoms with E-state index in [2.05, 4.69) is 11.0 Å². The molecule has 1 saturated heterocycles. The zero-order valence-corrected chi connectivity index (χ0v) is 13.8. The second-order valence-electron chi connectivity index (χ2n) is 5.83. The largest absolute Gasteiger partial charge is 0.457 e. The highest BCUT2D eigenvalue weighted by Crippen LogP contribution is 2.18. The fourth-order valence-electron chi connectivity index (χ4n) is 2.85. The first kappa shape index (κ1) is 16.0. The van der Waals surface area contributed by atoms with Crippen LogP contribution in [0.4, 0.5) is 0 Å². The lowest BCUT2D eigenvalue weighted by Gasteiger charge is -2.17. The summed E-state index contributed by atoms with van der Waals surface area (Å²) in [4.78, 5) is 14.6. The Balaban J connectivity index is 1.63. The molecule has 3 nitrogen and oxygen atoms in total. The van der Waals surface area contributed by atoms with E-state index in [0.29, 0.717) is 17.2 Å². The monoisotopic (exact) mass is 329 g/mol. The maximum Gasteiger partial charge on any atom is 0.338 e.